The first-order chi connectivity index (χ1) is 15.5. The van der Waals surface area contributed by atoms with Gasteiger partial charge in [0.15, 0.2) is 11.5 Å². The van der Waals surface area contributed by atoms with Crippen LogP contribution in [0.15, 0.2) is 42.5 Å². The molecule has 0 spiro atoms. The lowest BCUT2D eigenvalue weighted by Crippen LogP contribution is -2.51. The molecule has 0 radical (unpaired) electrons. The number of carbonyl (C=O) groups excluding carboxylic acids is 2. The molecule has 1 amide bonds. The first kappa shape index (κ1) is 23.9. The first-order valence-electron chi connectivity index (χ1n) is 10.7. The number of ether oxygens (including phenoxy) is 3. The summed E-state index contributed by atoms with van der Waals surface area (Å²) in [6.45, 7) is 6.88. The minimum absolute atomic E-state index is 0.0743. The van der Waals surface area contributed by atoms with Crippen LogP contribution in [0.2, 0.25) is 5.02 Å². The van der Waals surface area contributed by atoms with Crippen LogP contribution >= 0.6 is 11.6 Å². The quantitative estimate of drug-likeness (QED) is 0.558. The fourth-order valence-electron chi connectivity index (χ4n) is 3.80. The number of rotatable bonds is 8. The van der Waals surface area contributed by atoms with Crippen LogP contribution in [0, 0.1) is 0 Å². The molecule has 0 saturated carbocycles. The van der Waals surface area contributed by atoms with Crippen molar-refractivity contribution in [3.05, 3.63) is 58.6 Å². The molecule has 2 aromatic rings. The maximum absolute atomic E-state index is 13.1. The normalized spacial score (nSPS) is 15.2. The fraction of sp³-hybridized carbons (Fsp3) is 0.417. The highest BCUT2D eigenvalue weighted by Crippen LogP contribution is 2.30. The van der Waals surface area contributed by atoms with E-state index in [1.807, 2.05) is 30.9 Å². The van der Waals surface area contributed by atoms with Gasteiger partial charge < -0.3 is 19.1 Å². The van der Waals surface area contributed by atoms with Crippen molar-refractivity contribution in [1.29, 1.82) is 0 Å². The topological polar surface area (TPSA) is 68.3 Å². The molecule has 3 rings (SSSR count). The standard InChI is InChI=1S/C24H29ClN2O5/c1-4-31-20-11-8-18(16-21(20)32-5-2)23(28)27-14-12-26(13-15-27)22(24(29)30-3)17-6-9-19(25)10-7-17/h6-11,16,22H,4-5,12-15H2,1-3H3. The summed E-state index contributed by atoms with van der Waals surface area (Å²) in [5, 5.41) is 0.606. The summed E-state index contributed by atoms with van der Waals surface area (Å²) >= 11 is 6.00. The molecule has 1 atom stereocenters. The molecule has 0 N–H and O–H groups in total. The number of benzene rings is 2. The van der Waals surface area contributed by atoms with E-state index in [0.717, 1.165) is 5.56 Å². The van der Waals surface area contributed by atoms with Gasteiger partial charge in [-0.25, -0.2) is 4.79 Å². The van der Waals surface area contributed by atoms with Crippen molar-refractivity contribution in [2.75, 3.05) is 46.5 Å². The highest BCUT2D eigenvalue weighted by Gasteiger charge is 2.32. The van der Waals surface area contributed by atoms with Gasteiger partial charge in [0, 0.05) is 36.8 Å². The van der Waals surface area contributed by atoms with E-state index in [-0.39, 0.29) is 11.9 Å². The van der Waals surface area contributed by atoms with Crippen LogP contribution in [0.3, 0.4) is 0 Å². The minimum Gasteiger partial charge on any atom is -0.490 e. The van der Waals surface area contributed by atoms with Gasteiger partial charge in [-0.2, -0.15) is 0 Å². The number of piperazine rings is 1. The summed E-state index contributed by atoms with van der Waals surface area (Å²) in [5.41, 5.74) is 1.36. The SMILES string of the molecule is CCOc1ccc(C(=O)N2CCN(C(C(=O)OC)c3ccc(Cl)cc3)CC2)cc1OCC. The summed E-state index contributed by atoms with van der Waals surface area (Å²) in [6.07, 6.45) is 0. The molecule has 1 saturated heterocycles. The predicted molar refractivity (Wildman–Crippen MR) is 122 cm³/mol. The van der Waals surface area contributed by atoms with Gasteiger partial charge in [-0.05, 0) is 49.7 Å². The number of hydrogen-bond donors (Lipinski definition) is 0. The highest BCUT2D eigenvalue weighted by atomic mass is 35.5. The summed E-state index contributed by atoms with van der Waals surface area (Å²) in [6, 6.07) is 11.9. The van der Waals surface area contributed by atoms with Crippen molar-refractivity contribution >= 4 is 23.5 Å². The highest BCUT2D eigenvalue weighted by molar-refractivity contribution is 6.30. The zero-order valence-corrected chi connectivity index (χ0v) is 19.4. The first-order valence-corrected chi connectivity index (χ1v) is 11.1. The summed E-state index contributed by atoms with van der Waals surface area (Å²) in [4.78, 5) is 29.4. The largest absolute Gasteiger partial charge is 0.490 e. The van der Waals surface area contributed by atoms with E-state index in [2.05, 4.69) is 0 Å². The molecule has 1 unspecified atom stereocenters. The molecule has 7 nitrogen and oxygen atoms in total. The van der Waals surface area contributed by atoms with Crippen LogP contribution in [0.1, 0.15) is 35.8 Å². The number of methoxy groups -OCH3 is 1. The van der Waals surface area contributed by atoms with Gasteiger partial charge >= 0.3 is 5.97 Å². The minimum atomic E-state index is -0.537. The van der Waals surface area contributed by atoms with E-state index in [1.54, 1.807) is 35.2 Å². The number of nitrogens with zero attached hydrogens (tertiary/aromatic N) is 2. The van der Waals surface area contributed by atoms with E-state index in [1.165, 1.54) is 7.11 Å². The third kappa shape index (κ3) is 5.53. The van der Waals surface area contributed by atoms with Crippen LogP contribution in [-0.2, 0) is 9.53 Å². The summed E-state index contributed by atoms with van der Waals surface area (Å²) in [5.74, 6) is 0.779. The molecule has 8 heteroatoms. The Kier molecular flexibility index (Phi) is 8.36. The van der Waals surface area contributed by atoms with Crippen molar-refractivity contribution < 1.29 is 23.8 Å². The Morgan fingerprint density at radius 3 is 2.16 bits per heavy atom. The zero-order chi connectivity index (χ0) is 23.1. The van der Waals surface area contributed by atoms with Crippen molar-refractivity contribution in [1.82, 2.24) is 9.80 Å². The van der Waals surface area contributed by atoms with Crippen LogP contribution in [-0.4, -0.2) is 68.2 Å². The van der Waals surface area contributed by atoms with Gasteiger partial charge in [0.05, 0.1) is 20.3 Å². The molecule has 1 aliphatic rings. The van der Waals surface area contributed by atoms with Gasteiger partial charge in [-0.1, -0.05) is 23.7 Å². The maximum atomic E-state index is 13.1. The lowest BCUT2D eigenvalue weighted by atomic mass is 10.0. The van der Waals surface area contributed by atoms with Gasteiger partial charge in [-0.15, -0.1) is 0 Å². The molecule has 2 aromatic carbocycles. The van der Waals surface area contributed by atoms with Crippen LogP contribution < -0.4 is 9.47 Å². The fourth-order valence-corrected chi connectivity index (χ4v) is 3.93. The van der Waals surface area contributed by atoms with E-state index in [4.69, 9.17) is 25.8 Å². The Bertz CT molecular complexity index is 926. The molecule has 172 valence electrons. The van der Waals surface area contributed by atoms with Crippen molar-refractivity contribution in [2.24, 2.45) is 0 Å². The molecule has 1 aliphatic heterocycles. The van der Waals surface area contributed by atoms with E-state index in [0.29, 0.717) is 61.5 Å². The van der Waals surface area contributed by atoms with Crippen LogP contribution in [0.25, 0.3) is 0 Å². The molecular formula is C24H29ClN2O5. The molecule has 0 aliphatic carbocycles. The van der Waals surface area contributed by atoms with Gasteiger partial charge in [0.25, 0.3) is 5.91 Å². The second kappa shape index (κ2) is 11.2. The average Bonchev–Trinajstić information content (AvgIpc) is 2.81. The maximum Gasteiger partial charge on any atom is 0.327 e. The van der Waals surface area contributed by atoms with Crippen molar-refractivity contribution in [3.8, 4) is 11.5 Å². The molecule has 0 bridgehead atoms. The van der Waals surface area contributed by atoms with E-state index in [9.17, 15) is 9.59 Å². The van der Waals surface area contributed by atoms with E-state index < -0.39 is 6.04 Å². The Hall–Kier alpha value is -2.77. The summed E-state index contributed by atoms with van der Waals surface area (Å²) < 4.78 is 16.3. The Morgan fingerprint density at radius 2 is 1.56 bits per heavy atom. The van der Waals surface area contributed by atoms with Crippen molar-refractivity contribution in [3.63, 3.8) is 0 Å². The summed E-state index contributed by atoms with van der Waals surface area (Å²) in [7, 11) is 1.38. The molecular weight excluding hydrogens is 432 g/mol. The third-order valence-corrected chi connectivity index (χ3v) is 5.62. The lowest BCUT2D eigenvalue weighted by Gasteiger charge is -2.38. The molecule has 32 heavy (non-hydrogen) atoms. The van der Waals surface area contributed by atoms with E-state index >= 15 is 0 Å². The van der Waals surface area contributed by atoms with Crippen LogP contribution in [0.4, 0.5) is 0 Å². The van der Waals surface area contributed by atoms with Gasteiger partial charge in [-0.3, -0.25) is 9.69 Å². The molecule has 0 aromatic heterocycles. The number of carbonyl (C=O) groups is 2. The second-order valence-electron chi connectivity index (χ2n) is 7.33. The van der Waals surface area contributed by atoms with Crippen molar-refractivity contribution in [2.45, 2.75) is 19.9 Å². The monoisotopic (exact) mass is 460 g/mol. The lowest BCUT2D eigenvalue weighted by molar-refractivity contribution is -0.148. The van der Waals surface area contributed by atoms with Crippen LogP contribution in [0.5, 0.6) is 11.5 Å². The average molecular weight is 461 g/mol. The third-order valence-electron chi connectivity index (χ3n) is 5.37. The molecule has 1 heterocycles. The Balaban J connectivity index is 1.71. The number of esters is 1. The predicted octanol–water partition coefficient (Wildman–Crippen LogP) is 3.81. The Morgan fingerprint density at radius 1 is 0.938 bits per heavy atom. The number of hydrogen-bond acceptors (Lipinski definition) is 6. The Labute approximate surface area is 193 Å². The number of halogens is 1. The molecule has 1 fully saturated rings. The van der Waals surface area contributed by atoms with Gasteiger partial charge in [0.2, 0.25) is 0 Å². The zero-order valence-electron chi connectivity index (χ0n) is 18.7. The smallest absolute Gasteiger partial charge is 0.327 e. The van der Waals surface area contributed by atoms with Gasteiger partial charge in [0.1, 0.15) is 6.04 Å². The number of amides is 1. The second-order valence-corrected chi connectivity index (χ2v) is 7.77.